The van der Waals surface area contributed by atoms with E-state index in [0.29, 0.717) is 24.3 Å². The van der Waals surface area contributed by atoms with Crippen LogP contribution in [0.3, 0.4) is 0 Å². The Kier molecular flexibility index (Phi) is 29.2. The summed E-state index contributed by atoms with van der Waals surface area (Å²) in [6.45, 7) is -0.947. The number of aryl methyl sites for hydroxylation is 1. The van der Waals surface area contributed by atoms with Gasteiger partial charge in [-0.1, -0.05) is 53.8 Å². The molecule has 0 atom stereocenters. The molecule has 0 saturated carbocycles. The van der Waals surface area contributed by atoms with Crippen molar-refractivity contribution >= 4 is 28.4 Å². The van der Waals surface area contributed by atoms with Crippen molar-refractivity contribution in [3.05, 3.63) is 101 Å². The van der Waals surface area contributed by atoms with Gasteiger partial charge < -0.3 is 25.0 Å². The molecule has 637 valence electrons. The standard InChI is InChI=1S/C13H6F14N.3C10H4F8N.C9H4F8N3.5Ir/c14-7(15)4-5(6-2-1-3-28-6)8(10(16,17)18,11(19,20)21)9(7,12(22,23)24)13(25,26)27;3*11-7(12)4-5(6-2-1-3-19-6)8(13,14)10(17,18)9(7,15)16;1-20-3-18-5(19-20)4-2-6(10,11)8(14,15)9(16,17)7(4,12)13;;;;;/h1-3H2;1,3H,2H2;2*1-2H,3H2;3H,1H3;;;;;/q5*-1;;;;;. The molecular weight excluding hydrogens is 2560 g/mol. The molecule has 9 aliphatic rings. The Bertz CT molecular complexity index is 3840. The fourth-order valence-electron chi connectivity index (χ4n) is 10.0. The second-order valence-corrected chi connectivity index (χ2v) is 21.9. The number of hydrogen-bond donors (Lipinski definition) is 0. The zero-order valence-corrected chi connectivity index (χ0v) is 62.4. The molecule has 1 aromatic heterocycles. The summed E-state index contributed by atoms with van der Waals surface area (Å²) in [6.07, 6.45) is -23.7. The first-order valence-electron chi connectivity index (χ1n) is 26.4. The van der Waals surface area contributed by atoms with Crippen molar-refractivity contribution in [2.75, 3.05) is 19.6 Å². The molecule has 0 spiro atoms. The number of alkyl halides is 46. The molecular formula is C52H22F46Ir5N7-5. The van der Waals surface area contributed by atoms with Crippen LogP contribution >= 0.6 is 0 Å². The van der Waals surface area contributed by atoms with Crippen LogP contribution in [0.15, 0.2) is 85.2 Å². The van der Waals surface area contributed by atoms with Crippen molar-refractivity contribution in [2.24, 2.45) is 37.8 Å². The van der Waals surface area contributed by atoms with Gasteiger partial charge in [-0.15, -0.1) is 34.6 Å². The zero-order chi connectivity index (χ0) is 81.8. The molecule has 110 heavy (non-hydrogen) atoms. The molecule has 7 nitrogen and oxygen atoms in total. The van der Waals surface area contributed by atoms with Gasteiger partial charge in [0.2, 0.25) is 11.3 Å². The van der Waals surface area contributed by atoms with Crippen molar-refractivity contribution in [1.29, 1.82) is 0 Å². The summed E-state index contributed by atoms with van der Waals surface area (Å²) in [5.74, 6) is -102. The molecule has 0 aromatic carbocycles. The van der Waals surface area contributed by atoms with Gasteiger partial charge in [0.15, 0.2) is 5.41 Å². The summed E-state index contributed by atoms with van der Waals surface area (Å²) in [6, 6.07) is 0. The maximum absolute atomic E-state index is 14.1. The second kappa shape index (κ2) is 31.0. The van der Waals surface area contributed by atoms with Crippen LogP contribution in [-0.2, 0) is 108 Å². The summed E-state index contributed by atoms with van der Waals surface area (Å²) >= 11 is 0. The van der Waals surface area contributed by atoms with Gasteiger partial charge in [-0.3, -0.25) is 9.78 Å². The van der Waals surface area contributed by atoms with E-state index < -0.39 is 212 Å². The van der Waals surface area contributed by atoms with Crippen molar-refractivity contribution in [2.45, 2.75) is 145 Å². The van der Waals surface area contributed by atoms with Gasteiger partial charge in [0.25, 0.3) is 23.7 Å². The predicted octanol–water partition coefficient (Wildman–Crippen LogP) is 18.6. The van der Waals surface area contributed by atoms with Gasteiger partial charge in [-0.2, -0.15) is 194 Å². The molecule has 58 heteroatoms. The molecule has 5 heterocycles. The Morgan fingerprint density at radius 3 is 0.927 bits per heavy atom. The Balaban J connectivity index is 0.000000685. The largest absolute Gasteiger partial charge is 0.409 e. The van der Waals surface area contributed by atoms with E-state index >= 15 is 0 Å². The fourth-order valence-corrected chi connectivity index (χ4v) is 10.0. The molecule has 0 saturated heterocycles. The molecule has 4 aliphatic heterocycles. The molecule has 0 N–H and O–H groups in total. The summed E-state index contributed by atoms with van der Waals surface area (Å²) in [5, 5.41) is 3.12. The van der Waals surface area contributed by atoms with E-state index in [2.05, 4.69) is 30.1 Å². The summed E-state index contributed by atoms with van der Waals surface area (Å²) in [7, 11) is 1.14. The van der Waals surface area contributed by atoms with Gasteiger partial charge in [0, 0.05) is 133 Å². The minimum atomic E-state index is -7.73. The quantitative estimate of drug-likeness (QED) is 0.217. The van der Waals surface area contributed by atoms with E-state index in [0.717, 1.165) is 54.6 Å². The van der Waals surface area contributed by atoms with Crippen molar-refractivity contribution < 1.29 is 302 Å². The minimum absolute atomic E-state index is 0. The van der Waals surface area contributed by atoms with E-state index in [4.69, 9.17) is 0 Å². The Morgan fingerprint density at radius 2 is 0.664 bits per heavy atom. The van der Waals surface area contributed by atoms with Gasteiger partial charge >= 0.3 is 95.8 Å². The Labute approximate surface area is 646 Å². The number of halogens is 46. The molecule has 0 unspecified atom stereocenters. The summed E-state index contributed by atoms with van der Waals surface area (Å²) in [5.41, 5.74) is -30.0. The van der Waals surface area contributed by atoms with E-state index in [1.54, 1.807) is 0 Å². The smallest absolute Gasteiger partial charge is 0.383 e. The molecule has 5 radical (unpaired) electrons. The molecule has 10 rings (SSSR count). The van der Waals surface area contributed by atoms with Crippen LogP contribution in [-0.4, -0.2) is 183 Å². The molecule has 0 amide bonds. The van der Waals surface area contributed by atoms with Crippen LogP contribution in [0.1, 0.15) is 25.1 Å². The van der Waals surface area contributed by atoms with Crippen molar-refractivity contribution in [3.63, 3.8) is 0 Å². The number of allylic oxidation sites excluding steroid dienone is 13. The first-order valence-corrected chi connectivity index (χ1v) is 26.4. The van der Waals surface area contributed by atoms with Crippen LogP contribution in [0, 0.1) is 41.2 Å². The van der Waals surface area contributed by atoms with E-state index in [9.17, 15) is 202 Å². The molecule has 0 bridgehead atoms. The number of rotatable bonds is 5. The topological polar surface area (TPSA) is 80.1 Å². The van der Waals surface area contributed by atoms with Gasteiger partial charge in [0.05, 0.1) is 6.33 Å². The van der Waals surface area contributed by atoms with Gasteiger partial charge in [-0.25, -0.2) is 43.9 Å². The average Bonchev–Trinajstić information content (AvgIpc) is 1.46. The van der Waals surface area contributed by atoms with Crippen molar-refractivity contribution in [1.82, 2.24) is 14.8 Å². The first kappa shape index (κ1) is 104. The maximum Gasteiger partial charge on any atom is 0.409 e. The normalized spacial score (nSPS) is 26.6. The molecule has 5 aliphatic carbocycles. The first-order chi connectivity index (χ1) is 46.4. The third kappa shape index (κ3) is 15.1. The van der Waals surface area contributed by atoms with E-state index in [-0.39, 0.29) is 126 Å². The number of aliphatic imine (C=N–C) groups is 4. The monoisotopic (exact) mass is 2580 g/mol. The summed E-state index contributed by atoms with van der Waals surface area (Å²) < 4.78 is 608. The number of aromatic nitrogens is 3. The van der Waals surface area contributed by atoms with Gasteiger partial charge in [-0.05, 0) is 12.6 Å². The van der Waals surface area contributed by atoms with Gasteiger partial charge in [0.1, 0.15) is 0 Å². The minimum Gasteiger partial charge on any atom is -0.383 e. The SMILES string of the molecule is Cn1cnc(C2=[C-]C(F)(F)C(F)(F)C(F)(F)C2(F)F)n1.FC(F)(F)C1(C(F)(F)F)C(C2=NCCC2)=[C-]C(F)(F)C1(C(F)(F)F)C(F)(F)F.FC1(F)[C-]=C(C2=NC=CC2)C(F)(F)C(F)(F)C1(F)F.FC1(F)[C-]=C(C2=NCC=C2)C(F)(F)C(F)(F)C1(F)F.FC1(F)[C-]=C(C2=NCC=C2)C(F)(F)C(F)(F)C1(F)F.[Ir].[Ir].[Ir].[Ir].[Ir]. The Morgan fingerprint density at radius 1 is 0.355 bits per heavy atom. The summed E-state index contributed by atoms with van der Waals surface area (Å²) in [4.78, 5) is 15.7. The van der Waals surface area contributed by atoms with Crippen molar-refractivity contribution in [3.8, 4) is 0 Å². The van der Waals surface area contributed by atoms with Crippen LogP contribution in [0.2, 0.25) is 0 Å². The number of nitrogens with zero attached hydrogens (tertiary/aromatic N) is 7. The molecule has 0 fully saturated rings. The second-order valence-electron chi connectivity index (χ2n) is 21.9. The maximum atomic E-state index is 14.1. The zero-order valence-electron chi connectivity index (χ0n) is 50.5. The fraction of sp³-hybridized carbons (Fsp3) is 0.577. The molecule has 1 aromatic rings. The number of hydrogen-bond acceptors (Lipinski definition) is 6. The van der Waals surface area contributed by atoms with Crippen LogP contribution in [0.4, 0.5) is 202 Å². The predicted molar refractivity (Wildman–Crippen MR) is 253 cm³/mol. The Hall–Kier alpha value is -4.23. The van der Waals surface area contributed by atoms with E-state index in [1.165, 1.54) is 0 Å². The third-order valence-electron chi connectivity index (χ3n) is 15.2. The van der Waals surface area contributed by atoms with Crippen LogP contribution in [0.5, 0.6) is 0 Å². The van der Waals surface area contributed by atoms with Crippen LogP contribution < -0.4 is 0 Å². The van der Waals surface area contributed by atoms with Crippen LogP contribution in [0.25, 0.3) is 5.57 Å². The van der Waals surface area contributed by atoms with E-state index in [1.807, 2.05) is 0 Å². The third-order valence-corrected chi connectivity index (χ3v) is 15.2. The average molecular weight is 2580 g/mol.